The number of nitrogens with one attached hydrogen (secondary N) is 1. The monoisotopic (exact) mass is 400 g/mol. The number of anilines is 1. The van der Waals surface area contributed by atoms with Crippen molar-refractivity contribution in [3.05, 3.63) is 66.7 Å². The zero-order valence-corrected chi connectivity index (χ0v) is 16.7. The van der Waals surface area contributed by atoms with Crippen molar-refractivity contribution >= 4 is 44.2 Å². The molecule has 140 valence electrons. The molecule has 0 radical (unpaired) electrons. The molecule has 5 nitrogen and oxygen atoms in total. The number of carbonyl (C=O) groups excluding carboxylic acids is 1. The highest BCUT2D eigenvalue weighted by Crippen LogP contribution is 2.22. The number of benzene rings is 3. The highest BCUT2D eigenvalue weighted by molar-refractivity contribution is 7.98. The van der Waals surface area contributed by atoms with Crippen molar-refractivity contribution in [3.8, 4) is 0 Å². The molecular weight excluding hydrogens is 380 g/mol. The Balaban J connectivity index is 1.74. The first kappa shape index (κ1) is 19.4. The Morgan fingerprint density at radius 2 is 1.74 bits per heavy atom. The summed E-state index contributed by atoms with van der Waals surface area (Å²) in [5.41, 5.74) is 0.642. The Labute approximate surface area is 163 Å². The van der Waals surface area contributed by atoms with Gasteiger partial charge in [-0.15, -0.1) is 11.8 Å². The third-order valence-electron chi connectivity index (χ3n) is 4.15. The number of carbonyl (C=O) groups is 1. The van der Waals surface area contributed by atoms with Gasteiger partial charge < -0.3 is 5.32 Å². The minimum atomic E-state index is -3.76. The molecule has 0 aromatic heterocycles. The topological polar surface area (TPSA) is 66.5 Å². The predicted molar refractivity (Wildman–Crippen MR) is 111 cm³/mol. The molecule has 3 aromatic rings. The Bertz CT molecular complexity index is 1080. The molecule has 0 aliphatic rings. The van der Waals surface area contributed by atoms with Crippen LogP contribution < -0.4 is 5.32 Å². The van der Waals surface area contributed by atoms with Gasteiger partial charge in [0, 0.05) is 17.6 Å². The van der Waals surface area contributed by atoms with E-state index in [0.717, 1.165) is 20.0 Å². The minimum Gasteiger partial charge on any atom is -0.325 e. The number of amides is 1. The van der Waals surface area contributed by atoms with Crippen LogP contribution in [0.3, 0.4) is 0 Å². The summed E-state index contributed by atoms with van der Waals surface area (Å²) < 4.78 is 26.7. The second-order valence-corrected chi connectivity index (χ2v) is 8.97. The molecule has 3 aromatic carbocycles. The van der Waals surface area contributed by atoms with Crippen LogP contribution in [0.2, 0.25) is 0 Å². The maximum atomic E-state index is 12.8. The first-order valence-corrected chi connectivity index (χ1v) is 11.0. The average molecular weight is 401 g/mol. The maximum absolute atomic E-state index is 12.8. The van der Waals surface area contributed by atoms with E-state index in [4.69, 9.17) is 0 Å². The molecule has 3 rings (SSSR count). The van der Waals surface area contributed by atoms with E-state index in [9.17, 15) is 13.2 Å². The molecule has 0 atom stereocenters. The van der Waals surface area contributed by atoms with Crippen LogP contribution in [-0.4, -0.2) is 38.5 Å². The van der Waals surface area contributed by atoms with Crippen LogP contribution in [0.1, 0.15) is 0 Å². The molecule has 0 unspecified atom stereocenters. The van der Waals surface area contributed by atoms with Crippen LogP contribution in [0.15, 0.2) is 76.5 Å². The Hall–Kier alpha value is -2.35. The largest absolute Gasteiger partial charge is 0.325 e. The molecular formula is C20H20N2O3S2. The molecule has 0 fully saturated rings. The van der Waals surface area contributed by atoms with Crippen molar-refractivity contribution in [1.29, 1.82) is 0 Å². The van der Waals surface area contributed by atoms with E-state index in [1.165, 1.54) is 7.05 Å². The summed E-state index contributed by atoms with van der Waals surface area (Å²) in [5.74, 6) is -0.389. The molecule has 0 saturated heterocycles. The predicted octanol–water partition coefficient (Wildman–Crippen LogP) is 3.82. The zero-order chi connectivity index (χ0) is 19.4. The molecule has 0 aliphatic heterocycles. The molecule has 0 saturated carbocycles. The first-order chi connectivity index (χ1) is 12.9. The normalized spacial score (nSPS) is 11.7. The molecule has 0 bridgehead atoms. The fourth-order valence-corrected chi connectivity index (χ4v) is 4.32. The third kappa shape index (κ3) is 4.50. The van der Waals surface area contributed by atoms with Gasteiger partial charge in [0.15, 0.2) is 0 Å². The average Bonchev–Trinajstić information content (AvgIpc) is 2.67. The lowest BCUT2D eigenvalue weighted by Crippen LogP contribution is -2.34. The van der Waals surface area contributed by atoms with Crippen LogP contribution in [0.5, 0.6) is 0 Å². The molecule has 27 heavy (non-hydrogen) atoms. The van der Waals surface area contributed by atoms with Crippen LogP contribution in [0.25, 0.3) is 10.8 Å². The van der Waals surface area contributed by atoms with Crippen molar-refractivity contribution in [2.45, 2.75) is 9.79 Å². The Kier molecular flexibility index (Phi) is 5.84. The fraction of sp³-hybridized carbons (Fsp3) is 0.150. The molecule has 0 spiro atoms. The lowest BCUT2D eigenvalue weighted by molar-refractivity contribution is -0.116. The van der Waals surface area contributed by atoms with Gasteiger partial charge in [0.1, 0.15) is 0 Å². The lowest BCUT2D eigenvalue weighted by Gasteiger charge is -2.17. The summed E-state index contributed by atoms with van der Waals surface area (Å²) in [5, 5.41) is 4.54. The molecule has 0 aliphatic carbocycles. The van der Waals surface area contributed by atoms with Gasteiger partial charge in [-0.25, -0.2) is 8.42 Å². The smallest absolute Gasteiger partial charge is 0.243 e. The summed E-state index contributed by atoms with van der Waals surface area (Å²) in [6.45, 7) is -0.265. The molecule has 1 amide bonds. The number of hydrogen-bond acceptors (Lipinski definition) is 4. The SMILES string of the molecule is CSc1cccc(NC(=O)CN(C)S(=O)(=O)c2ccc3ccccc3c2)c1. The number of thioether (sulfide) groups is 1. The molecule has 0 heterocycles. The van der Waals surface area contributed by atoms with Gasteiger partial charge >= 0.3 is 0 Å². The number of hydrogen-bond donors (Lipinski definition) is 1. The standard InChI is InChI=1S/C20H20N2O3S2/c1-22(14-20(23)21-17-8-5-9-18(13-17)26-2)27(24,25)19-11-10-15-6-3-4-7-16(15)12-19/h3-13H,14H2,1-2H3,(H,21,23). The van der Waals surface area contributed by atoms with Gasteiger partial charge in [-0.05, 0) is 47.4 Å². The number of rotatable bonds is 6. The summed E-state index contributed by atoms with van der Waals surface area (Å²) >= 11 is 1.57. The summed E-state index contributed by atoms with van der Waals surface area (Å²) in [6.07, 6.45) is 1.95. The van der Waals surface area contributed by atoms with E-state index >= 15 is 0 Å². The van der Waals surface area contributed by atoms with Crippen LogP contribution in [-0.2, 0) is 14.8 Å². The second-order valence-electron chi connectivity index (χ2n) is 6.05. The van der Waals surface area contributed by atoms with E-state index in [1.54, 1.807) is 36.0 Å². The number of nitrogens with zero attached hydrogens (tertiary/aromatic N) is 1. The van der Waals surface area contributed by atoms with E-state index < -0.39 is 10.0 Å². The van der Waals surface area contributed by atoms with Crippen molar-refractivity contribution in [2.24, 2.45) is 0 Å². The van der Waals surface area contributed by atoms with Gasteiger partial charge in [-0.2, -0.15) is 4.31 Å². The van der Waals surface area contributed by atoms with E-state index in [1.807, 2.05) is 48.7 Å². The highest BCUT2D eigenvalue weighted by Gasteiger charge is 2.23. The second kappa shape index (κ2) is 8.12. The van der Waals surface area contributed by atoms with E-state index in [2.05, 4.69) is 5.32 Å². The van der Waals surface area contributed by atoms with Gasteiger partial charge in [-0.1, -0.05) is 36.4 Å². The Morgan fingerprint density at radius 1 is 1.00 bits per heavy atom. The summed E-state index contributed by atoms with van der Waals surface area (Å²) in [6, 6.07) is 19.9. The van der Waals surface area contributed by atoms with E-state index in [-0.39, 0.29) is 17.3 Å². The highest BCUT2D eigenvalue weighted by atomic mass is 32.2. The van der Waals surface area contributed by atoms with Crippen LogP contribution in [0.4, 0.5) is 5.69 Å². The minimum absolute atomic E-state index is 0.167. The quantitative estimate of drug-likeness (QED) is 0.639. The van der Waals surface area contributed by atoms with Crippen LogP contribution >= 0.6 is 11.8 Å². The van der Waals surface area contributed by atoms with Crippen molar-refractivity contribution in [1.82, 2.24) is 4.31 Å². The van der Waals surface area contributed by atoms with Gasteiger partial charge in [-0.3, -0.25) is 4.79 Å². The van der Waals surface area contributed by atoms with Crippen molar-refractivity contribution in [3.63, 3.8) is 0 Å². The zero-order valence-electron chi connectivity index (χ0n) is 15.0. The third-order valence-corrected chi connectivity index (χ3v) is 6.67. The molecule has 7 heteroatoms. The van der Waals surface area contributed by atoms with Crippen LogP contribution in [0, 0.1) is 0 Å². The van der Waals surface area contributed by atoms with E-state index in [0.29, 0.717) is 5.69 Å². The van der Waals surface area contributed by atoms with Crippen molar-refractivity contribution in [2.75, 3.05) is 25.2 Å². The first-order valence-electron chi connectivity index (χ1n) is 8.29. The van der Waals surface area contributed by atoms with Gasteiger partial charge in [0.2, 0.25) is 15.9 Å². The lowest BCUT2D eigenvalue weighted by atomic mass is 10.1. The summed E-state index contributed by atoms with van der Waals surface area (Å²) in [4.78, 5) is 13.5. The summed E-state index contributed by atoms with van der Waals surface area (Å²) in [7, 11) is -2.36. The van der Waals surface area contributed by atoms with Gasteiger partial charge in [0.25, 0.3) is 0 Å². The molecule has 1 N–H and O–H groups in total. The van der Waals surface area contributed by atoms with Gasteiger partial charge in [0.05, 0.1) is 11.4 Å². The number of sulfonamides is 1. The maximum Gasteiger partial charge on any atom is 0.243 e. The fourth-order valence-electron chi connectivity index (χ4n) is 2.70. The Morgan fingerprint density at radius 3 is 2.48 bits per heavy atom. The van der Waals surface area contributed by atoms with Crippen molar-refractivity contribution < 1.29 is 13.2 Å². The number of fused-ring (bicyclic) bond motifs is 1. The number of likely N-dealkylation sites (N-methyl/N-ethyl adjacent to an activating group) is 1.